The summed E-state index contributed by atoms with van der Waals surface area (Å²) in [6.07, 6.45) is 3.07. The van der Waals surface area contributed by atoms with E-state index in [1.807, 2.05) is 24.3 Å². The van der Waals surface area contributed by atoms with E-state index in [1.54, 1.807) is 49.6 Å². The van der Waals surface area contributed by atoms with Crippen LogP contribution in [0.4, 0.5) is 0 Å². The third-order valence-electron chi connectivity index (χ3n) is 5.40. The standard InChI is InChI=1S/C27H19Cl2N3O4/c1-3-11-35-25-19(28)12-16(13-20(25)29)15-30-32-26(31-21-8-5-4-7-17(21)27(32)33)24-14-18-22(34-2)9-6-10-23(18)36-24/h3-10,12-15H,1,11H2,2H3. The summed E-state index contributed by atoms with van der Waals surface area (Å²) in [7, 11) is 1.58. The molecular weight excluding hydrogens is 501 g/mol. The number of hydrogen-bond acceptors (Lipinski definition) is 6. The summed E-state index contributed by atoms with van der Waals surface area (Å²) in [6, 6.07) is 17.6. The van der Waals surface area contributed by atoms with Crippen molar-refractivity contribution in [2.75, 3.05) is 13.7 Å². The molecule has 7 nitrogen and oxygen atoms in total. The first-order valence-electron chi connectivity index (χ1n) is 10.9. The molecule has 0 unspecified atom stereocenters. The normalized spacial score (nSPS) is 11.4. The molecule has 0 aliphatic carbocycles. The van der Waals surface area contributed by atoms with E-state index in [1.165, 1.54) is 10.9 Å². The molecule has 0 aliphatic heterocycles. The maximum absolute atomic E-state index is 13.4. The predicted octanol–water partition coefficient (Wildman–Crippen LogP) is 6.57. The van der Waals surface area contributed by atoms with Gasteiger partial charge in [0.05, 0.1) is 39.7 Å². The summed E-state index contributed by atoms with van der Waals surface area (Å²) in [5.74, 6) is 1.58. The van der Waals surface area contributed by atoms with Crippen molar-refractivity contribution in [2.45, 2.75) is 0 Å². The van der Waals surface area contributed by atoms with Gasteiger partial charge >= 0.3 is 0 Å². The van der Waals surface area contributed by atoms with E-state index in [0.717, 1.165) is 5.39 Å². The Hall–Kier alpha value is -4.07. The summed E-state index contributed by atoms with van der Waals surface area (Å²) in [6.45, 7) is 3.88. The number of halogens is 2. The Bertz CT molecular complexity index is 1680. The lowest BCUT2D eigenvalue weighted by atomic mass is 10.2. The first-order valence-corrected chi connectivity index (χ1v) is 11.6. The van der Waals surface area contributed by atoms with E-state index < -0.39 is 0 Å². The van der Waals surface area contributed by atoms with E-state index >= 15 is 0 Å². The molecule has 36 heavy (non-hydrogen) atoms. The van der Waals surface area contributed by atoms with Crippen LogP contribution in [0.1, 0.15) is 5.56 Å². The van der Waals surface area contributed by atoms with Crippen molar-refractivity contribution in [1.29, 1.82) is 0 Å². The van der Waals surface area contributed by atoms with E-state index in [-0.39, 0.29) is 18.0 Å². The van der Waals surface area contributed by atoms with E-state index in [9.17, 15) is 4.79 Å². The number of aromatic nitrogens is 2. The van der Waals surface area contributed by atoms with Gasteiger partial charge in [0, 0.05) is 0 Å². The van der Waals surface area contributed by atoms with E-state index in [4.69, 9.17) is 37.1 Å². The molecule has 0 bridgehead atoms. The Balaban J connectivity index is 1.66. The zero-order valence-corrected chi connectivity index (χ0v) is 20.6. The van der Waals surface area contributed by atoms with Gasteiger partial charge in [-0.2, -0.15) is 9.78 Å². The maximum atomic E-state index is 13.4. The Morgan fingerprint density at radius 3 is 2.61 bits per heavy atom. The Kier molecular flexibility index (Phi) is 6.50. The molecule has 0 spiro atoms. The molecule has 2 aromatic heterocycles. The second-order valence-corrected chi connectivity index (χ2v) is 8.52. The molecule has 0 fully saturated rings. The molecule has 0 N–H and O–H groups in total. The van der Waals surface area contributed by atoms with Gasteiger partial charge in [0.15, 0.2) is 11.5 Å². The fraction of sp³-hybridized carbons (Fsp3) is 0.0741. The zero-order chi connectivity index (χ0) is 25.2. The SMILES string of the molecule is C=CCOc1c(Cl)cc(C=Nn2c(-c3cc4c(OC)cccc4o3)nc3ccccc3c2=O)cc1Cl. The lowest BCUT2D eigenvalue weighted by Crippen LogP contribution is -2.20. The molecule has 5 aromatic rings. The van der Waals surface area contributed by atoms with Crippen LogP contribution in [-0.4, -0.2) is 29.6 Å². The van der Waals surface area contributed by atoms with Crippen LogP contribution in [-0.2, 0) is 0 Å². The van der Waals surface area contributed by atoms with Crippen LogP contribution >= 0.6 is 23.2 Å². The zero-order valence-electron chi connectivity index (χ0n) is 19.1. The van der Waals surface area contributed by atoms with Crippen molar-refractivity contribution in [3.63, 3.8) is 0 Å². The van der Waals surface area contributed by atoms with Crippen LogP contribution < -0.4 is 15.0 Å². The number of para-hydroxylation sites is 1. The van der Waals surface area contributed by atoms with Crippen molar-refractivity contribution in [3.05, 3.63) is 99.3 Å². The lowest BCUT2D eigenvalue weighted by molar-refractivity contribution is 0.363. The van der Waals surface area contributed by atoms with Crippen molar-refractivity contribution >= 4 is 51.3 Å². The van der Waals surface area contributed by atoms with Gasteiger partial charge in [0.25, 0.3) is 5.56 Å². The predicted molar refractivity (Wildman–Crippen MR) is 143 cm³/mol. The van der Waals surface area contributed by atoms with Crippen molar-refractivity contribution in [1.82, 2.24) is 9.66 Å². The van der Waals surface area contributed by atoms with Crippen LogP contribution in [0.15, 0.2) is 87.6 Å². The molecule has 0 saturated heterocycles. The molecule has 2 heterocycles. The topological polar surface area (TPSA) is 78.8 Å². The summed E-state index contributed by atoms with van der Waals surface area (Å²) in [5.41, 5.74) is 1.32. The molecule has 0 amide bonds. The number of ether oxygens (including phenoxy) is 2. The fourth-order valence-electron chi connectivity index (χ4n) is 3.77. The van der Waals surface area contributed by atoms with Crippen LogP contribution in [0.2, 0.25) is 10.0 Å². The number of benzene rings is 3. The molecule has 5 rings (SSSR count). The first-order chi connectivity index (χ1) is 17.5. The quantitative estimate of drug-likeness (QED) is 0.179. The highest BCUT2D eigenvalue weighted by Crippen LogP contribution is 2.35. The number of furan rings is 1. The van der Waals surface area contributed by atoms with Crippen LogP contribution in [0.25, 0.3) is 33.5 Å². The van der Waals surface area contributed by atoms with Crippen LogP contribution in [0.3, 0.4) is 0 Å². The van der Waals surface area contributed by atoms with E-state index in [0.29, 0.717) is 49.4 Å². The minimum atomic E-state index is -0.359. The monoisotopic (exact) mass is 519 g/mol. The molecule has 3 aromatic carbocycles. The summed E-state index contributed by atoms with van der Waals surface area (Å²) >= 11 is 12.7. The van der Waals surface area contributed by atoms with Gasteiger partial charge in [-0.25, -0.2) is 4.98 Å². The van der Waals surface area contributed by atoms with Crippen molar-refractivity contribution in [3.8, 4) is 23.1 Å². The van der Waals surface area contributed by atoms with Gasteiger partial charge in [-0.05, 0) is 48.0 Å². The molecule has 0 aliphatic rings. The number of methoxy groups -OCH3 is 1. The number of rotatable bonds is 7. The van der Waals surface area contributed by atoms with Crippen LogP contribution in [0.5, 0.6) is 11.5 Å². The molecule has 9 heteroatoms. The van der Waals surface area contributed by atoms with Gasteiger partial charge in [0.2, 0.25) is 5.82 Å². The second kappa shape index (κ2) is 9.89. The van der Waals surface area contributed by atoms with Gasteiger partial charge in [-0.1, -0.05) is 54.1 Å². The number of hydrogen-bond donors (Lipinski definition) is 0. The Morgan fingerprint density at radius 1 is 1.08 bits per heavy atom. The third kappa shape index (κ3) is 4.34. The van der Waals surface area contributed by atoms with Gasteiger partial charge in [-0.3, -0.25) is 4.79 Å². The molecule has 180 valence electrons. The highest BCUT2D eigenvalue weighted by molar-refractivity contribution is 6.37. The fourth-order valence-corrected chi connectivity index (χ4v) is 4.38. The summed E-state index contributed by atoms with van der Waals surface area (Å²) < 4.78 is 18.2. The molecular formula is C27H19Cl2N3O4. The van der Waals surface area contributed by atoms with Gasteiger partial charge in [0.1, 0.15) is 17.9 Å². The largest absolute Gasteiger partial charge is 0.496 e. The Morgan fingerprint density at radius 2 is 1.86 bits per heavy atom. The average Bonchev–Trinajstić information content (AvgIpc) is 3.32. The first kappa shape index (κ1) is 23.7. The van der Waals surface area contributed by atoms with Crippen molar-refractivity contribution in [2.24, 2.45) is 5.10 Å². The molecule has 0 atom stereocenters. The maximum Gasteiger partial charge on any atom is 0.282 e. The van der Waals surface area contributed by atoms with Gasteiger partial charge in [-0.15, -0.1) is 0 Å². The van der Waals surface area contributed by atoms with E-state index in [2.05, 4.69) is 16.7 Å². The highest BCUT2D eigenvalue weighted by Gasteiger charge is 2.18. The molecule has 0 radical (unpaired) electrons. The van der Waals surface area contributed by atoms with Crippen LogP contribution in [0, 0.1) is 0 Å². The third-order valence-corrected chi connectivity index (χ3v) is 5.97. The number of fused-ring (bicyclic) bond motifs is 2. The Labute approximate surface area is 215 Å². The second-order valence-electron chi connectivity index (χ2n) is 7.71. The smallest absolute Gasteiger partial charge is 0.282 e. The minimum absolute atomic E-state index is 0.233. The van der Waals surface area contributed by atoms with Gasteiger partial charge < -0.3 is 13.9 Å². The number of nitrogens with zero attached hydrogens (tertiary/aromatic N) is 3. The van der Waals surface area contributed by atoms with Crippen molar-refractivity contribution < 1.29 is 13.9 Å². The lowest BCUT2D eigenvalue weighted by Gasteiger charge is -2.09. The highest BCUT2D eigenvalue weighted by atomic mass is 35.5. The summed E-state index contributed by atoms with van der Waals surface area (Å²) in [4.78, 5) is 18.1. The summed E-state index contributed by atoms with van der Waals surface area (Å²) in [5, 5.41) is 6.22. The minimum Gasteiger partial charge on any atom is -0.496 e. The average molecular weight is 520 g/mol. The molecule has 0 saturated carbocycles.